The van der Waals surface area contributed by atoms with E-state index in [0.717, 1.165) is 37.9 Å². The molecular weight excluding hydrogens is 262 g/mol. The average Bonchev–Trinajstić information content (AvgIpc) is 2.46. The van der Waals surface area contributed by atoms with E-state index in [1.807, 2.05) is 6.20 Å². The molecule has 1 aromatic heterocycles. The Bertz CT molecular complexity index is 434. The van der Waals surface area contributed by atoms with Crippen LogP contribution in [0, 0.1) is 5.92 Å². The van der Waals surface area contributed by atoms with Gasteiger partial charge in [-0.05, 0) is 51.7 Å². The second-order valence-corrected chi connectivity index (χ2v) is 6.99. The lowest BCUT2D eigenvalue weighted by Crippen LogP contribution is -2.36. The molecule has 0 unspecified atom stereocenters. The molecule has 2 heterocycles. The van der Waals surface area contributed by atoms with Crippen LogP contribution in [0.4, 0.5) is 5.69 Å². The number of anilines is 1. The number of hydrogen-bond acceptors (Lipinski definition) is 4. The maximum Gasteiger partial charge on any atom is 0.0562 e. The van der Waals surface area contributed by atoms with E-state index in [0.29, 0.717) is 0 Å². The molecule has 0 bridgehead atoms. The maximum absolute atomic E-state index is 5.27. The minimum atomic E-state index is 0.121. The van der Waals surface area contributed by atoms with Crippen LogP contribution in [0.3, 0.4) is 0 Å². The lowest BCUT2D eigenvalue weighted by Gasteiger charge is -2.33. The summed E-state index contributed by atoms with van der Waals surface area (Å²) in [6.45, 7) is 10.5. The fraction of sp³-hybridized carbons (Fsp3) is 0.706. The van der Waals surface area contributed by atoms with Crippen molar-refractivity contribution in [2.45, 2.75) is 45.7 Å². The van der Waals surface area contributed by atoms with E-state index in [2.05, 4.69) is 48.1 Å². The summed E-state index contributed by atoms with van der Waals surface area (Å²) in [6, 6.07) is 4.34. The predicted octanol–water partition coefficient (Wildman–Crippen LogP) is 2.83. The van der Waals surface area contributed by atoms with Crippen LogP contribution in [-0.2, 0) is 11.3 Å². The molecule has 0 spiro atoms. The molecule has 0 amide bonds. The van der Waals surface area contributed by atoms with E-state index in [9.17, 15) is 0 Å². The topological polar surface area (TPSA) is 37.4 Å². The largest absolute Gasteiger partial charge is 0.384 e. The first kappa shape index (κ1) is 16.2. The van der Waals surface area contributed by atoms with Gasteiger partial charge in [-0.15, -0.1) is 0 Å². The molecule has 1 aliphatic heterocycles. The van der Waals surface area contributed by atoms with E-state index in [1.54, 1.807) is 7.11 Å². The summed E-state index contributed by atoms with van der Waals surface area (Å²) in [6.07, 6.45) is 4.35. The van der Waals surface area contributed by atoms with Crippen LogP contribution >= 0.6 is 0 Å². The molecule has 2 rings (SSSR count). The molecule has 0 radical (unpaired) electrons. The number of methoxy groups -OCH3 is 1. The Morgan fingerprint density at radius 2 is 2.05 bits per heavy atom. The SMILES string of the molecule is COCC1CCN(c2ccnc(CNC(C)(C)C)c2)CC1. The molecule has 21 heavy (non-hydrogen) atoms. The first-order valence-electron chi connectivity index (χ1n) is 7.92. The van der Waals surface area contributed by atoms with Gasteiger partial charge in [0.1, 0.15) is 0 Å². The molecule has 4 heteroatoms. The summed E-state index contributed by atoms with van der Waals surface area (Å²) in [5.41, 5.74) is 2.53. The Kier molecular flexibility index (Phi) is 5.59. The highest BCUT2D eigenvalue weighted by Gasteiger charge is 2.19. The van der Waals surface area contributed by atoms with Crippen LogP contribution in [-0.4, -0.2) is 37.3 Å². The van der Waals surface area contributed by atoms with Gasteiger partial charge in [-0.3, -0.25) is 4.98 Å². The number of hydrogen-bond donors (Lipinski definition) is 1. The number of pyridine rings is 1. The number of nitrogens with one attached hydrogen (secondary N) is 1. The fourth-order valence-electron chi connectivity index (χ4n) is 2.71. The Morgan fingerprint density at radius 3 is 2.67 bits per heavy atom. The zero-order valence-electron chi connectivity index (χ0n) is 13.9. The van der Waals surface area contributed by atoms with Crippen molar-refractivity contribution in [2.75, 3.05) is 31.7 Å². The highest BCUT2D eigenvalue weighted by molar-refractivity contribution is 5.46. The van der Waals surface area contributed by atoms with Gasteiger partial charge >= 0.3 is 0 Å². The van der Waals surface area contributed by atoms with Crippen LogP contribution in [0.25, 0.3) is 0 Å². The third kappa shape index (κ3) is 5.29. The smallest absolute Gasteiger partial charge is 0.0562 e. The van der Waals surface area contributed by atoms with Gasteiger partial charge in [0.05, 0.1) is 5.69 Å². The molecule has 0 atom stereocenters. The molecule has 0 aromatic carbocycles. The number of piperidine rings is 1. The molecule has 1 aromatic rings. The van der Waals surface area contributed by atoms with Gasteiger partial charge in [0, 0.05) is 50.8 Å². The van der Waals surface area contributed by atoms with E-state index >= 15 is 0 Å². The van der Waals surface area contributed by atoms with Crippen molar-refractivity contribution in [2.24, 2.45) is 5.92 Å². The zero-order chi connectivity index (χ0) is 15.3. The van der Waals surface area contributed by atoms with Crippen LogP contribution in [0.5, 0.6) is 0 Å². The maximum atomic E-state index is 5.27. The molecule has 1 fully saturated rings. The second kappa shape index (κ2) is 7.23. The Morgan fingerprint density at radius 1 is 1.33 bits per heavy atom. The summed E-state index contributed by atoms with van der Waals surface area (Å²) < 4.78 is 5.27. The summed E-state index contributed by atoms with van der Waals surface area (Å²) in [5.74, 6) is 0.718. The van der Waals surface area contributed by atoms with Crippen molar-refractivity contribution in [3.05, 3.63) is 24.0 Å². The van der Waals surface area contributed by atoms with E-state index in [1.165, 1.54) is 18.5 Å². The summed E-state index contributed by atoms with van der Waals surface area (Å²) in [7, 11) is 1.80. The highest BCUT2D eigenvalue weighted by Crippen LogP contribution is 2.23. The standard InChI is InChI=1S/C17H29N3O/c1-17(2,3)19-12-15-11-16(5-8-18-15)20-9-6-14(7-10-20)13-21-4/h5,8,11,14,19H,6-7,9-10,12-13H2,1-4H3. The first-order chi connectivity index (χ1) is 9.98. The molecule has 1 saturated heterocycles. The van der Waals surface area contributed by atoms with Crippen LogP contribution in [0.2, 0.25) is 0 Å². The summed E-state index contributed by atoms with van der Waals surface area (Å²) in [4.78, 5) is 6.94. The van der Waals surface area contributed by atoms with E-state index < -0.39 is 0 Å². The van der Waals surface area contributed by atoms with Gasteiger partial charge in [-0.2, -0.15) is 0 Å². The molecule has 4 nitrogen and oxygen atoms in total. The minimum absolute atomic E-state index is 0.121. The second-order valence-electron chi connectivity index (χ2n) is 6.99. The molecule has 118 valence electrons. The first-order valence-corrected chi connectivity index (χ1v) is 7.92. The third-order valence-electron chi connectivity index (χ3n) is 3.98. The van der Waals surface area contributed by atoms with Gasteiger partial charge in [0.25, 0.3) is 0 Å². The normalized spacial score (nSPS) is 17.2. The van der Waals surface area contributed by atoms with Gasteiger partial charge in [-0.25, -0.2) is 0 Å². The number of nitrogens with zero attached hydrogens (tertiary/aromatic N) is 2. The predicted molar refractivity (Wildman–Crippen MR) is 87.6 cm³/mol. The quantitative estimate of drug-likeness (QED) is 0.905. The van der Waals surface area contributed by atoms with Gasteiger partial charge in [0.15, 0.2) is 0 Å². The molecule has 1 N–H and O–H groups in total. The Labute approximate surface area is 128 Å². The van der Waals surface area contributed by atoms with Crippen molar-refractivity contribution in [3.8, 4) is 0 Å². The van der Waals surface area contributed by atoms with Gasteiger partial charge in [-0.1, -0.05) is 0 Å². The molecular formula is C17H29N3O. The summed E-state index contributed by atoms with van der Waals surface area (Å²) >= 11 is 0. The Hall–Kier alpha value is -1.13. The average molecular weight is 291 g/mol. The zero-order valence-corrected chi connectivity index (χ0v) is 13.9. The number of aromatic nitrogens is 1. The molecule has 0 aliphatic carbocycles. The Balaban J connectivity index is 1.92. The van der Waals surface area contributed by atoms with Crippen LogP contribution in [0.15, 0.2) is 18.3 Å². The lowest BCUT2D eigenvalue weighted by atomic mass is 9.97. The van der Waals surface area contributed by atoms with Gasteiger partial charge in [0.2, 0.25) is 0 Å². The lowest BCUT2D eigenvalue weighted by molar-refractivity contribution is 0.139. The van der Waals surface area contributed by atoms with Crippen molar-refractivity contribution < 1.29 is 4.74 Å². The van der Waals surface area contributed by atoms with Crippen molar-refractivity contribution >= 4 is 5.69 Å². The van der Waals surface area contributed by atoms with Crippen LogP contribution < -0.4 is 10.2 Å². The third-order valence-corrected chi connectivity index (χ3v) is 3.98. The van der Waals surface area contributed by atoms with E-state index in [-0.39, 0.29) is 5.54 Å². The van der Waals surface area contributed by atoms with Gasteiger partial charge < -0.3 is 15.0 Å². The van der Waals surface area contributed by atoms with E-state index in [4.69, 9.17) is 4.74 Å². The highest BCUT2D eigenvalue weighted by atomic mass is 16.5. The summed E-state index contributed by atoms with van der Waals surface area (Å²) in [5, 5.41) is 3.49. The van der Waals surface area contributed by atoms with Crippen molar-refractivity contribution in [1.29, 1.82) is 0 Å². The monoisotopic (exact) mass is 291 g/mol. The van der Waals surface area contributed by atoms with Crippen molar-refractivity contribution in [1.82, 2.24) is 10.3 Å². The molecule has 1 aliphatic rings. The fourth-order valence-corrected chi connectivity index (χ4v) is 2.71. The minimum Gasteiger partial charge on any atom is -0.384 e. The van der Waals surface area contributed by atoms with Crippen LogP contribution in [0.1, 0.15) is 39.3 Å². The number of rotatable bonds is 5. The number of ether oxygens (including phenoxy) is 1. The molecule has 0 saturated carbocycles. The van der Waals surface area contributed by atoms with Crippen molar-refractivity contribution in [3.63, 3.8) is 0 Å².